The molecule has 0 saturated carbocycles. The topological polar surface area (TPSA) is 90.0 Å². The highest BCUT2D eigenvalue weighted by atomic mass is 32.2. The number of hydrogen-bond acceptors (Lipinski definition) is 4. The van der Waals surface area contributed by atoms with E-state index < -0.39 is 15.8 Å². The van der Waals surface area contributed by atoms with Crippen LogP contribution in [0.4, 0.5) is 4.39 Å². The minimum Gasteiger partial charge on any atom is -0.389 e. The fourth-order valence-electron chi connectivity index (χ4n) is 1.72. The van der Waals surface area contributed by atoms with Gasteiger partial charge in [0, 0.05) is 24.7 Å². The van der Waals surface area contributed by atoms with Crippen molar-refractivity contribution in [2.45, 2.75) is 11.6 Å². The molecule has 1 aromatic heterocycles. The van der Waals surface area contributed by atoms with E-state index in [1.54, 1.807) is 6.07 Å². The summed E-state index contributed by atoms with van der Waals surface area (Å²) in [6.07, 6.45) is 1.37. The van der Waals surface area contributed by atoms with E-state index in [1.165, 1.54) is 36.1 Å². The van der Waals surface area contributed by atoms with E-state index in [1.807, 2.05) is 0 Å². The predicted molar refractivity (Wildman–Crippen MR) is 79.5 cm³/mol. The predicted octanol–water partition coefficient (Wildman–Crippen LogP) is 0.672. The van der Waals surface area contributed by atoms with Crippen LogP contribution in [0.25, 0.3) is 0 Å². The number of aryl methyl sites for hydroxylation is 1. The Morgan fingerprint density at radius 1 is 1.48 bits per heavy atom. The fourth-order valence-corrected chi connectivity index (χ4v) is 2.97. The second kappa shape index (κ2) is 5.88. The van der Waals surface area contributed by atoms with E-state index in [-0.39, 0.29) is 22.1 Å². The average Bonchev–Trinajstić information content (AvgIpc) is 2.84. The van der Waals surface area contributed by atoms with Crippen LogP contribution in [0.5, 0.6) is 0 Å². The molecule has 0 amide bonds. The lowest BCUT2D eigenvalue weighted by Gasteiger charge is -2.08. The lowest BCUT2D eigenvalue weighted by Crippen LogP contribution is -2.26. The van der Waals surface area contributed by atoms with Crippen LogP contribution in [-0.2, 0) is 23.6 Å². The molecule has 0 atom stereocenters. The van der Waals surface area contributed by atoms with Gasteiger partial charge in [-0.3, -0.25) is 4.68 Å². The summed E-state index contributed by atoms with van der Waals surface area (Å²) in [7, 11) is -2.25. The summed E-state index contributed by atoms with van der Waals surface area (Å²) in [5.41, 5.74) is 5.99. The Labute approximate surface area is 126 Å². The van der Waals surface area contributed by atoms with Crippen LogP contribution in [0.1, 0.15) is 11.1 Å². The van der Waals surface area contributed by atoms with Crippen molar-refractivity contribution >= 4 is 27.2 Å². The van der Waals surface area contributed by atoms with Crippen LogP contribution in [0, 0.1) is 5.82 Å². The molecule has 1 heterocycles. The van der Waals surface area contributed by atoms with Crippen molar-refractivity contribution < 1.29 is 12.8 Å². The number of nitrogens with one attached hydrogen (secondary N) is 1. The van der Waals surface area contributed by atoms with Crippen molar-refractivity contribution in [2.75, 3.05) is 0 Å². The van der Waals surface area contributed by atoms with Crippen molar-refractivity contribution in [3.63, 3.8) is 0 Å². The third-order valence-corrected chi connectivity index (χ3v) is 4.55. The molecule has 0 saturated heterocycles. The quantitative estimate of drug-likeness (QED) is 0.788. The Morgan fingerprint density at radius 2 is 2.19 bits per heavy atom. The molecule has 0 aliphatic rings. The summed E-state index contributed by atoms with van der Waals surface area (Å²) < 4.78 is 41.4. The van der Waals surface area contributed by atoms with Gasteiger partial charge in [-0.2, -0.15) is 5.10 Å². The summed E-state index contributed by atoms with van der Waals surface area (Å²) >= 11 is 4.75. The second-order valence-electron chi connectivity index (χ2n) is 4.29. The maximum atomic E-state index is 13.8. The minimum atomic E-state index is -3.76. The molecule has 1 aromatic carbocycles. The molecule has 6 nitrogen and oxygen atoms in total. The summed E-state index contributed by atoms with van der Waals surface area (Å²) in [5, 5.41) is 3.78. The number of thiocarbonyl (C=S) groups is 1. The molecule has 0 radical (unpaired) electrons. The van der Waals surface area contributed by atoms with Gasteiger partial charge in [0.05, 0.1) is 6.20 Å². The fraction of sp³-hybridized carbons (Fsp3) is 0.167. The maximum Gasteiger partial charge on any atom is 0.258 e. The minimum absolute atomic E-state index is 0.00247. The maximum absolute atomic E-state index is 13.8. The third kappa shape index (κ3) is 3.43. The van der Waals surface area contributed by atoms with E-state index >= 15 is 0 Å². The highest BCUT2D eigenvalue weighted by molar-refractivity contribution is 7.89. The molecular weight excluding hydrogens is 315 g/mol. The van der Waals surface area contributed by atoms with Gasteiger partial charge in [-0.05, 0) is 12.1 Å². The van der Waals surface area contributed by atoms with Gasteiger partial charge in [-0.15, -0.1) is 0 Å². The first-order valence-corrected chi connectivity index (χ1v) is 7.76. The molecule has 0 aliphatic carbocycles. The van der Waals surface area contributed by atoms with Gasteiger partial charge in [0.15, 0.2) is 5.03 Å². The van der Waals surface area contributed by atoms with Crippen molar-refractivity contribution in [1.29, 1.82) is 0 Å². The van der Waals surface area contributed by atoms with E-state index in [0.717, 1.165) is 0 Å². The zero-order valence-electron chi connectivity index (χ0n) is 11.1. The van der Waals surface area contributed by atoms with E-state index in [4.69, 9.17) is 18.0 Å². The molecule has 21 heavy (non-hydrogen) atoms. The molecule has 0 fully saturated rings. The lowest BCUT2D eigenvalue weighted by molar-refractivity contribution is 0.558. The molecule has 0 bridgehead atoms. The highest BCUT2D eigenvalue weighted by Gasteiger charge is 2.18. The number of nitrogens with two attached hydrogens (primary N) is 1. The van der Waals surface area contributed by atoms with Crippen molar-refractivity contribution in [1.82, 2.24) is 14.5 Å². The van der Waals surface area contributed by atoms with Crippen molar-refractivity contribution in [3.8, 4) is 0 Å². The molecule has 0 unspecified atom stereocenters. The van der Waals surface area contributed by atoms with Crippen LogP contribution >= 0.6 is 12.2 Å². The molecule has 2 rings (SSSR count). The van der Waals surface area contributed by atoms with Gasteiger partial charge in [0.25, 0.3) is 10.0 Å². The number of benzene rings is 1. The first-order chi connectivity index (χ1) is 9.81. The number of hydrogen-bond donors (Lipinski definition) is 2. The Bertz CT molecular complexity index is 786. The third-order valence-electron chi connectivity index (χ3n) is 2.84. The SMILES string of the molecule is Cn1nccc1S(=O)(=O)NCc1ccc(C(N)=S)cc1F. The monoisotopic (exact) mass is 328 g/mol. The smallest absolute Gasteiger partial charge is 0.258 e. The van der Waals surface area contributed by atoms with Crippen LogP contribution < -0.4 is 10.5 Å². The normalized spacial score (nSPS) is 11.5. The summed E-state index contributed by atoms with van der Waals surface area (Å²) in [4.78, 5) is 0.0796. The van der Waals surface area contributed by atoms with E-state index in [2.05, 4.69) is 9.82 Å². The molecule has 0 aliphatic heterocycles. The standard InChI is InChI=1S/C12H13FN4O2S2/c1-17-11(4-5-15-17)21(18,19)16-7-9-3-2-8(12(14)20)6-10(9)13/h2-6,16H,7H2,1H3,(H2,14,20). The Kier molecular flexibility index (Phi) is 4.35. The summed E-state index contributed by atoms with van der Waals surface area (Å²) in [6.45, 7) is -0.184. The largest absolute Gasteiger partial charge is 0.389 e. The Hall–Kier alpha value is -1.84. The van der Waals surface area contributed by atoms with Gasteiger partial charge < -0.3 is 5.73 Å². The van der Waals surface area contributed by atoms with Crippen LogP contribution in [-0.4, -0.2) is 23.2 Å². The van der Waals surface area contributed by atoms with Gasteiger partial charge in [-0.1, -0.05) is 24.4 Å². The van der Waals surface area contributed by atoms with Gasteiger partial charge in [-0.25, -0.2) is 17.5 Å². The van der Waals surface area contributed by atoms with E-state index in [9.17, 15) is 12.8 Å². The van der Waals surface area contributed by atoms with Crippen molar-refractivity contribution in [3.05, 3.63) is 47.4 Å². The van der Waals surface area contributed by atoms with Crippen LogP contribution in [0.3, 0.4) is 0 Å². The first kappa shape index (κ1) is 15.5. The number of halogens is 1. The van der Waals surface area contributed by atoms with Gasteiger partial charge in [0.1, 0.15) is 10.8 Å². The molecular formula is C12H13FN4O2S2. The molecule has 2 aromatic rings. The van der Waals surface area contributed by atoms with Gasteiger partial charge in [0.2, 0.25) is 0 Å². The number of nitrogens with zero attached hydrogens (tertiary/aromatic N) is 2. The van der Waals surface area contributed by atoms with Crippen molar-refractivity contribution in [2.24, 2.45) is 12.8 Å². The lowest BCUT2D eigenvalue weighted by atomic mass is 10.1. The zero-order chi connectivity index (χ0) is 15.6. The number of rotatable bonds is 5. The summed E-state index contributed by atoms with van der Waals surface area (Å²) in [6, 6.07) is 5.51. The molecule has 0 spiro atoms. The van der Waals surface area contributed by atoms with E-state index in [0.29, 0.717) is 5.56 Å². The molecule has 9 heteroatoms. The van der Waals surface area contributed by atoms with Crippen LogP contribution in [0.15, 0.2) is 35.5 Å². The molecule has 112 valence electrons. The number of aromatic nitrogens is 2. The first-order valence-electron chi connectivity index (χ1n) is 5.87. The number of sulfonamides is 1. The van der Waals surface area contributed by atoms with Crippen LogP contribution in [0.2, 0.25) is 0 Å². The highest BCUT2D eigenvalue weighted by Crippen LogP contribution is 2.12. The second-order valence-corrected chi connectivity index (χ2v) is 6.44. The zero-order valence-corrected chi connectivity index (χ0v) is 12.7. The Balaban J connectivity index is 2.17. The summed E-state index contributed by atoms with van der Waals surface area (Å²) in [5.74, 6) is -0.576. The Morgan fingerprint density at radius 3 is 2.71 bits per heavy atom. The average molecular weight is 328 g/mol. The van der Waals surface area contributed by atoms with Gasteiger partial charge >= 0.3 is 0 Å². The molecule has 3 N–H and O–H groups in total.